The molecule has 18 heavy (non-hydrogen) atoms. The van der Waals surface area contributed by atoms with E-state index in [-0.39, 0.29) is 0 Å². The zero-order chi connectivity index (χ0) is 13.4. The highest BCUT2D eigenvalue weighted by molar-refractivity contribution is 5.10. The topological polar surface area (TPSA) is 28.4 Å². The molecule has 1 heterocycles. The van der Waals surface area contributed by atoms with Crippen LogP contribution in [0.2, 0.25) is 0 Å². The normalized spacial score (nSPS) is 14.9. The quantitative estimate of drug-likeness (QED) is 0.730. The number of hydrogen-bond donors (Lipinski definition) is 1. The molecule has 0 aliphatic rings. The molecule has 0 aliphatic carbocycles. The van der Waals surface area contributed by atoms with Crippen molar-refractivity contribution in [3.05, 3.63) is 24.2 Å². The van der Waals surface area contributed by atoms with Gasteiger partial charge in [-0.3, -0.25) is 0 Å². The lowest BCUT2D eigenvalue weighted by molar-refractivity contribution is 0.288. The average Bonchev–Trinajstić information content (AvgIpc) is 2.88. The predicted molar refractivity (Wildman–Crippen MR) is 76.7 cm³/mol. The largest absolute Gasteiger partial charge is 0.472 e. The Balaban J connectivity index is 2.19. The molecule has 0 aliphatic heterocycles. The fourth-order valence-corrected chi connectivity index (χ4v) is 2.29. The highest BCUT2D eigenvalue weighted by atomic mass is 16.3. The van der Waals surface area contributed by atoms with Gasteiger partial charge in [-0.1, -0.05) is 13.8 Å². The van der Waals surface area contributed by atoms with Crippen molar-refractivity contribution in [2.45, 2.75) is 52.6 Å². The Morgan fingerprint density at radius 3 is 2.56 bits per heavy atom. The van der Waals surface area contributed by atoms with Gasteiger partial charge in [0.2, 0.25) is 0 Å². The summed E-state index contributed by atoms with van der Waals surface area (Å²) in [5, 5.41) is 3.61. The number of furan rings is 1. The molecule has 1 rings (SSSR count). The summed E-state index contributed by atoms with van der Waals surface area (Å²) in [6.07, 6.45) is 6.03. The Morgan fingerprint density at radius 1 is 1.28 bits per heavy atom. The Hall–Kier alpha value is -0.800. The van der Waals surface area contributed by atoms with E-state index in [0.717, 1.165) is 13.1 Å². The van der Waals surface area contributed by atoms with E-state index in [1.165, 1.54) is 24.9 Å². The van der Waals surface area contributed by atoms with Gasteiger partial charge < -0.3 is 14.6 Å². The first kappa shape index (κ1) is 15.3. The van der Waals surface area contributed by atoms with E-state index in [2.05, 4.69) is 37.9 Å². The molecule has 0 saturated carbocycles. The van der Waals surface area contributed by atoms with Crippen molar-refractivity contribution in [2.24, 2.45) is 0 Å². The molecule has 2 atom stereocenters. The maximum Gasteiger partial charge on any atom is 0.0950 e. The van der Waals surface area contributed by atoms with Gasteiger partial charge in [0.15, 0.2) is 0 Å². The van der Waals surface area contributed by atoms with Gasteiger partial charge in [-0.15, -0.1) is 0 Å². The van der Waals surface area contributed by atoms with E-state index in [1.54, 1.807) is 6.26 Å². The van der Waals surface area contributed by atoms with Crippen LogP contribution in [-0.4, -0.2) is 30.6 Å². The average molecular weight is 252 g/mol. The summed E-state index contributed by atoms with van der Waals surface area (Å²) in [6.45, 7) is 12.4. The van der Waals surface area contributed by atoms with Crippen molar-refractivity contribution in [3.63, 3.8) is 0 Å². The molecule has 2 unspecified atom stereocenters. The van der Waals surface area contributed by atoms with E-state index in [0.29, 0.717) is 12.1 Å². The van der Waals surface area contributed by atoms with Gasteiger partial charge in [-0.25, -0.2) is 0 Å². The third kappa shape index (κ3) is 5.23. The molecule has 1 N–H and O–H groups in total. The van der Waals surface area contributed by atoms with Crippen LogP contribution in [0.5, 0.6) is 0 Å². The molecule has 3 nitrogen and oxygen atoms in total. The lowest BCUT2D eigenvalue weighted by Crippen LogP contribution is -2.30. The highest BCUT2D eigenvalue weighted by Crippen LogP contribution is 2.14. The smallest absolute Gasteiger partial charge is 0.0950 e. The monoisotopic (exact) mass is 252 g/mol. The van der Waals surface area contributed by atoms with Crippen LogP contribution in [0.1, 0.15) is 52.1 Å². The first-order valence-electron chi connectivity index (χ1n) is 7.17. The summed E-state index contributed by atoms with van der Waals surface area (Å²) in [5.41, 5.74) is 1.23. The molecule has 0 aromatic carbocycles. The number of hydrogen-bond acceptors (Lipinski definition) is 3. The number of rotatable bonds is 9. The van der Waals surface area contributed by atoms with Crippen molar-refractivity contribution in [2.75, 3.05) is 19.6 Å². The first-order chi connectivity index (χ1) is 8.67. The van der Waals surface area contributed by atoms with Crippen LogP contribution in [0, 0.1) is 0 Å². The summed E-state index contributed by atoms with van der Waals surface area (Å²) in [5.74, 6) is 0. The molecule has 0 saturated heterocycles. The molecule has 0 amide bonds. The minimum absolute atomic E-state index is 0.368. The van der Waals surface area contributed by atoms with Crippen LogP contribution in [0.25, 0.3) is 0 Å². The van der Waals surface area contributed by atoms with Crippen LogP contribution < -0.4 is 5.32 Å². The van der Waals surface area contributed by atoms with Crippen LogP contribution in [0.3, 0.4) is 0 Å². The van der Waals surface area contributed by atoms with Crippen LogP contribution in [0.4, 0.5) is 0 Å². The summed E-state index contributed by atoms with van der Waals surface area (Å²) in [4.78, 5) is 2.48. The Kier molecular flexibility index (Phi) is 7.06. The molecular weight excluding hydrogens is 224 g/mol. The fourth-order valence-electron chi connectivity index (χ4n) is 2.29. The minimum atomic E-state index is 0.368. The summed E-state index contributed by atoms with van der Waals surface area (Å²) < 4.78 is 5.11. The fraction of sp³-hybridized carbons (Fsp3) is 0.733. The van der Waals surface area contributed by atoms with Crippen molar-refractivity contribution < 1.29 is 4.42 Å². The Morgan fingerprint density at radius 2 is 2.00 bits per heavy atom. The second-order valence-corrected chi connectivity index (χ2v) is 5.02. The molecule has 1 aromatic heterocycles. The summed E-state index contributed by atoms with van der Waals surface area (Å²) in [6, 6.07) is 2.94. The van der Waals surface area contributed by atoms with Gasteiger partial charge >= 0.3 is 0 Å². The van der Waals surface area contributed by atoms with Crippen molar-refractivity contribution >= 4 is 0 Å². The molecule has 1 aromatic rings. The van der Waals surface area contributed by atoms with Gasteiger partial charge in [0.25, 0.3) is 0 Å². The minimum Gasteiger partial charge on any atom is -0.472 e. The second-order valence-electron chi connectivity index (χ2n) is 5.02. The number of nitrogens with one attached hydrogen (secondary N) is 1. The predicted octanol–water partition coefficient (Wildman–Crippen LogP) is 3.44. The van der Waals surface area contributed by atoms with E-state index in [9.17, 15) is 0 Å². The number of nitrogens with zero attached hydrogens (tertiary/aromatic N) is 1. The van der Waals surface area contributed by atoms with Gasteiger partial charge in [-0.05, 0) is 52.4 Å². The molecule has 0 radical (unpaired) electrons. The molecule has 0 fully saturated rings. The molecule has 0 bridgehead atoms. The van der Waals surface area contributed by atoms with Gasteiger partial charge in [0, 0.05) is 17.6 Å². The zero-order valence-corrected chi connectivity index (χ0v) is 12.3. The maximum atomic E-state index is 5.11. The third-order valence-corrected chi connectivity index (χ3v) is 3.58. The van der Waals surface area contributed by atoms with E-state index in [4.69, 9.17) is 4.42 Å². The molecule has 104 valence electrons. The van der Waals surface area contributed by atoms with E-state index >= 15 is 0 Å². The van der Waals surface area contributed by atoms with Crippen LogP contribution in [0.15, 0.2) is 23.0 Å². The zero-order valence-electron chi connectivity index (χ0n) is 12.3. The second kappa shape index (κ2) is 8.33. The van der Waals surface area contributed by atoms with Gasteiger partial charge in [0.05, 0.1) is 12.5 Å². The first-order valence-corrected chi connectivity index (χ1v) is 7.17. The molecule has 0 spiro atoms. The SMILES string of the molecule is CCN(CC)CCCC(C)NC(C)c1ccoc1. The van der Waals surface area contributed by atoms with Gasteiger partial charge in [0.1, 0.15) is 0 Å². The lowest BCUT2D eigenvalue weighted by Gasteiger charge is -2.22. The van der Waals surface area contributed by atoms with E-state index < -0.39 is 0 Å². The molecule has 3 heteroatoms. The standard InChI is InChI=1S/C15H28N2O/c1-5-17(6-2)10-7-8-13(3)16-14(4)15-9-11-18-12-15/h9,11-14,16H,5-8,10H2,1-4H3. The maximum absolute atomic E-state index is 5.11. The Labute approximate surface area is 112 Å². The lowest BCUT2D eigenvalue weighted by atomic mass is 10.1. The van der Waals surface area contributed by atoms with Crippen LogP contribution >= 0.6 is 0 Å². The summed E-state index contributed by atoms with van der Waals surface area (Å²) in [7, 11) is 0. The van der Waals surface area contributed by atoms with Crippen molar-refractivity contribution in [1.82, 2.24) is 10.2 Å². The van der Waals surface area contributed by atoms with Gasteiger partial charge in [-0.2, -0.15) is 0 Å². The van der Waals surface area contributed by atoms with E-state index in [1.807, 2.05) is 12.3 Å². The van der Waals surface area contributed by atoms with Crippen molar-refractivity contribution in [1.29, 1.82) is 0 Å². The molecular formula is C15H28N2O. The summed E-state index contributed by atoms with van der Waals surface area (Å²) >= 11 is 0. The highest BCUT2D eigenvalue weighted by Gasteiger charge is 2.10. The van der Waals surface area contributed by atoms with Crippen molar-refractivity contribution in [3.8, 4) is 0 Å². The third-order valence-electron chi connectivity index (χ3n) is 3.58. The Bertz CT molecular complexity index is 293. The van der Waals surface area contributed by atoms with Crippen LogP contribution in [-0.2, 0) is 0 Å².